The number of aromatic nitrogens is 4. The minimum Gasteiger partial charge on any atom is -0.360 e. The number of pyridine rings is 1. The second kappa shape index (κ2) is 7.66. The molecule has 0 radical (unpaired) electrons. The van der Waals surface area contributed by atoms with Gasteiger partial charge in [0.2, 0.25) is 0 Å². The second-order valence-electron chi connectivity index (χ2n) is 6.06. The van der Waals surface area contributed by atoms with Crippen LogP contribution in [0.1, 0.15) is 21.7 Å². The number of carbonyl (C=O) groups is 1. The average Bonchev–Trinajstić information content (AvgIpc) is 3.37. The Labute approximate surface area is 166 Å². The van der Waals surface area contributed by atoms with E-state index >= 15 is 0 Å². The summed E-state index contributed by atoms with van der Waals surface area (Å²) in [6, 6.07) is 12.7. The molecule has 0 fully saturated rings. The van der Waals surface area contributed by atoms with Gasteiger partial charge in [-0.3, -0.25) is 4.79 Å². The van der Waals surface area contributed by atoms with Gasteiger partial charge in [-0.05, 0) is 25.1 Å². The number of hydrogen-bond acceptors (Lipinski definition) is 5. The Bertz CT molecular complexity index is 1120. The van der Waals surface area contributed by atoms with E-state index in [1.807, 2.05) is 30.3 Å². The van der Waals surface area contributed by atoms with Crippen molar-refractivity contribution in [3.05, 3.63) is 83.0 Å². The Morgan fingerprint density at radius 2 is 2.04 bits per heavy atom. The number of nitrogens with zero attached hydrogens (tertiary/aromatic N) is 4. The van der Waals surface area contributed by atoms with Gasteiger partial charge in [-0.1, -0.05) is 41.0 Å². The maximum absolute atomic E-state index is 12.9. The monoisotopic (exact) mass is 393 g/mol. The summed E-state index contributed by atoms with van der Waals surface area (Å²) in [5, 5.41) is 11.6. The fourth-order valence-corrected chi connectivity index (χ4v) is 3.13. The Balaban J connectivity index is 1.60. The van der Waals surface area contributed by atoms with Crippen molar-refractivity contribution in [2.45, 2.75) is 13.5 Å². The van der Waals surface area contributed by atoms with E-state index in [4.69, 9.17) is 16.1 Å². The molecule has 0 aliphatic heterocycles. The van der Waals surface area contributed by atoms with Crippen LogP contribution in [0, 0.1) is 6.92 Å². The van der Waals surface area contributed by atoms with Crippen molar-refractivity contribution >= 4 is 17.5 Å². The second-order valence-corrected chi connectivity index (χ2v) is 6.47. The zero-order valence-electron chi connectivity index (χ0n) is 15.0. The molecular weight excluding hydrogens is 378 g/mol. The van der Waals surface area contributed by atoms with Crippen molar-refractivity contribution in [1.82, 2.24) is 25.2 Å². The van der Waals surface area contributed by atoms with Crippen LogP contribution in [0.3, 0.4) is 0 Å². The topological polar surface area (TPSA) is 85.8 Å². The van der Waals surface area contributed by atoms with E-state index in [0.29, 0.717) is 33.4 Å². The number of nitrogens with one attached hydrogen (secondary N) is 1. The standard InChI is InChI=1S/C20H16ClN5O2/c1-13-17(18(25-28-13)15-7-2-3-8-16(15)21)20(27)23-12-14-6-4-9-22-19(14)26-11-5-10-24-26/h2-11H,12H2,1H3,(H,23,27). The van der Waals surface area contributed by atoms with Crippen molar-refractivity contribution in [2.24, 2.45) is 0 Å². The quantitative estimate of drug-likeness (QED) is 0.557. The first kappa shape index (κ1) is 17.9. The van der Waals surface area contributed by atoms with Gasteiger partial charge >= 0.3 is 0 Å². The largest absolute Gasteiger partial charge is 0.360 e. The molecule has 0 spiro atoms. The fraction of sp³-hybridized carbons (Fsp3) is 0.100. The molecule has 0 saturated carbocycles. The number of benzene rings is 1. The number of hydrogen-bond donors (Lipinski definition) is 1. The lowest BCUT2D eigenvalue weighted by atomic mass is 10.1. The zero-order chi connectivity index (χ0) is 19.5. The summed E-state index contributed by atoms with van der Waals surface area (Å²) in [5.74, 6) is 0.774. The van der Waals surface area contributed by atoms with Gasteiger partial charge in [0.25, 0.3) is 5.91 Å². The summed E-state index contributed by atoms with van der Waals surface area (Å²) in [5.41, 5.74) is 2.24. The lowest BCUT2D eigenvalue weighted by molar-refractivity contribution is 0.0950. The molecule has 3 heterocycles. The summed E-state index contributed by atoms with van der Waals surface area (Å²) >= 11 is 6.26. The van der Waals surface area contributed by atoms with Gasteiger partial charge in [0, 0.05) is 36.3 Å². The third-order valence-electron chi connectivity index (χ3n) is 4.25. The molecule has 1 amide bonds. The first-order valence-corrected chi connectivity index (χ1v) is 8.96. The molecule has 0 aliphatic carbocycles. The first-order chi connectivity index (χ1) is 13.6. The maximum Gasteiger partial charge on any atom is 0.257 e. The lowest BCUT2D eigenvalue weighted by Crippen LogP contribution is -2.24. The summed E-state index contributed by atoms with van der Waals surface area (Å²) in [4.78, 5) is 17.3. The van der Waals surface area contributed by atoms with Crippen LogP contribution in [-0.4, -0.2) is 25.8 Å². The molecule has 0 atom stereocenters. The zero-order valence-corrected chi connectivity index (χ0v) is 15.7. The highest BCUT2D eigenvalue weighted by molar-refractivity contribution is 6.33. The van der Waals surface area contributed by atoms with Crippen LogP contribution in [0.4, 0.5) is 0 Å². The molecule has 0 bridgehead atoms. The van der Waals surface area contributed by atoms with Crippen LogP contribution in [0.25, 0.3) is 17.1 Å². The highest BCUT2D eigenvalue weighted by atomic mass is 35.5. The molecule has 1 aromatic carbocycles. The molecule has 1 N–H and O–H groups in total. The molecule has 0 saturated heterocycles. The van der Waals surface area contributed by atoms with Crippen molar-refractivity contribution in [3.63, 3.8) is 0 Å². The van der Waals surface area contributed by atoms with Crippen LogP contribution in [0.15, 0.2) is 65.6 Å². The number of amides is 1. The first-order valence-electron chi connectivity index (χ1n) is 8.58. The van der Waals surface area contributed by atoms with E-state index in [1.54, 1.807) is 42.3 Å². The van der Waals surface area contributed by atoms with Crippen LogP contribution in [0.5, 0.6) is 0 Å². The van der Waals surface area contributed by atoms with Gasteiger partial charge < -0.3 is 9.84 Å². The van der Waals surface area contributed by atoms with Crippen LogP contribution >= 0.6 is 11.6 Å². The Morgan fingerprint density at radius 3 is 2.82 bits per heavy atom. The molecule has 140 valence electrons. The molecular formula is C20H16ClN5O2. The normalized spacial score (nSPS) is 10.8. The van der Waals surface area contributed by atoms with E-state index in [-0.39, 0.29) is 12.5 Å². The molecule has 3 aromatic heterocycles. The lowest BCUT2D eigenvalue weighted by Gasteiger charge is -2.10. The highest BCUT2D eigenvalue weighted by Gasteiger charge is 2.23. The molecule has 0 aliphatic rings. The summed E-state index contributed by atoms with van der Waals surface area (Å²) in [6.45, 7) is 1.97. The van der Waals surface area contributed by atoms with Gasteiger partial charge in [-0.2, -0.15) is 5.10 Å². The van der Waals surface area contributed by atoms with E-state index in [2.05, 4.69) is 20.6 Å². The van der Waals surface area contributed by atoms with E-state index in [0.717, 1.165) is 5.56 Å². The number of rotatable bonds is 5. The van der Waals surface area contributed by atoms with Gasteiger partial charge in [0.1, 0.15) is 17.0 Å². The summed E-state index contributed by atoms with van der Waals surface area (Å²) in [7, 11) is 0. The van der Waals surface area contributed by atoms with Gasteiger partial charge in [0.05, 0.1) is 5.02 Å². The highest BCUT2D eigenvalue weighted by Crippen LogP contribution is 2.31. The summed E-state index contributed by atoms with van der Waals surface area (Å²) < 4.78 is 6.92. The van der Waals surface area contributed by atoms with E-state index < -0.39 is 0 Å². The molecule has 4 rings (SSSR count). The van der Waals surface area contributed by atoms with Crippen molar-refractivity contribution < 1.29 is 9.32 Å². The third-order valence-corrected chi connectivity index (χ3v) is 4.58. The molecule has 4 aromatic rings. The summed E-state index contributed by atoms with van der Waals surface area (Å²) in [6.07, 6.45) is 5.16. The van der Waals surface area contributed by atoms with Crippen LogP contribution < -0.4 is 5.32 Å². The van der Waals surface area contributed by atoms with Gasteiger partial charge in [-0.15, -0.1) is 0 Å². The van der Waals surface area contributed by atoms with Crippen LogP contribution in [0.2, 0.25) is 5.02 Å². The molecule has 7 nitrogen and oxygen atoms in total. The SMILES string of the molecule is Cc1onc(-c2ccccc2Cl)c1C(=O)NCc1cccnc1-n1cccn1. The Hall–Kier alpha value is -3.45. The third kappa shape index (κ3) is 3.39. The predicted molar refractivity (Wildman–Crippen MR) is 104 cm³/mol. The average molecular weight is 394 g/mol. The minimum absolute atomic E-state index is 0.272. The molecule has 0 unspecified atom stereocenters. The number of aryl methyl sites for hydroxylation is 1. The minimum atomic E-state index is -0.302. The maximum atomic E-state index is 12.9. The van der Waals surface area contributed by atoms with E-state index in [9.17, 15) is 4.79 Å². The van der Waals surface area contributed by atoms with Crippen molar-refractivity contribution in [2.75, 3.05) is 0 Å². The van der Waals surface area contributed by atoms with Gasteiger partial charge in [0.15, 0.2) is 5.82 Å². The Kier molecular flexibility index (Phi) is 4.90. The van der Waals surface area contributed by atoms with Crippen molar-refractivity contribution in [3.8, 4) is 17.1 Å². The number of halogens is 1. The molecule has 28 heavy (non-hydrogen) atoms. The fourth-order valence-electron chi connectivity index (χ4n) is 2.91. The van der Waals surface area contributed by atoms with Crippen molar-refractivity contribution in [1.29, 1.82) is 0 Å². The predicted octanol–water partition coefficient (Wildman–Crippen LogP) is 3.81. The number of carbonyl (C=O) groups excluding carboxylic acids is 1. The Morgan fingerprint density at radius 1 is 1.18 bits per heavy atom. The molecule has 8 heteroatoms. The van der Waals surface area contributed by atoms with Gasteiger partial charge in [-0.25, -0.2) is 9.67 Å². The van der Waals surface area contributed by atoms with Crippen LogP contribution in [-0.2, 0) is 6.54 Å². The van der Waals surface area contributed by atoms with E-state index in [1.165, 1.54) is 0 Å². The smallest absolute Gasteiger partial charge is 0.257 e.